The quantitative estimate of drug-likeness (QED) is 0.673. The van der Waals surface area contributed by atoms with Gasteiger partial charge in [-0.05, 0) is 12.2 Å². The Hall–Kier alpha value is 0.220. The van der Waals surface area contributed by atoms with Gasteiger partial charge in [-0.1, -0.05) is 12.1 Å². The summed E-state index contributed by atoms with van der Waals surface area (Å²) in [6.07, 6.45) is 1.90. The van der Waals surface area contributed by atoms with E-state index in [1.807, 2.05) is 0 Å². The third-order valence-corrected chi connectivity index (χ3v) is 2.48. The fraction of sp³-hybridized carbons (Fsp3) is 0.667. The summed E-state index contributed by atoms with van der Waals surface area (Å²) in [6, 6.07) is 0. The fourth-order valence-corrected chi connectivity index (χ4v) is 1.76. The molecule has 0 amide bonds. The van der Waals surface area contributed by atoms with Crippen LogP contribution in [0.2, 0.25) is 0 Å². The van der Waals surface area contributed by atoms with Crippen LogP contribution in [0, 0.1) is 0 Å². The summed E-state index contributed by atoms with van der Waals surface area (Å²) < 4.78 is 1.80. The van der Waals surface area contributed by atoms with E-state index >= 15 is 0 Å². The Morgan fingerprint density at radius 3 is 2.91 bits per heavy atom. The second kappa shape index (κ2) is 4.30. The fourth-order valence-electron chi connectivity index (χ4n) is 0.929. The lowest BCUT2D eigenvalue weighted by molar-refractivity contribution is 0.882. The molecule has 0 bridgehead atoms. The molecule has 0 saturated carbocycles. The van der Waals surface area contributed by atoms with Gasteiger partial charge in [0.15, 0.2) is 0 Å². The number of hydrogen-bond donors (Lipinski definition) is 1. The van der Waals surface area contributed by atoms with Crippen LogP contribution >= 0.6 is 35.5 Å². The van der Waals surface area contributed by atoms with Crippen molar-refractivity contribution < 1.29 is 0 Å². The summed E-state index contributed by atoms with van der Waals surface area (Å²) in [5, 5.41) is 7.95. The monoisotopic (exact) mass is 283 g/mol. The number of nitrogens with zero attached hydrogens (tertiary/aromatic N) is 3. The zero-order valence-electron chi connectivity index (χ0n) is 6.29. The lowest BCUT2D eigenvalue weighted by Crippen LogP contribution is -1.96. The molecule has 1 aromatic heterocycles. The van der Waals surface area contributed by atoms with Crippen molar-refractivity contribution in [2.24, 2.45) is 0 Å². The van der Waals surface area contributed by atoms with Crippen molar-refractivity contribution >= 4 is 35.5 Å². The van der Waals surface area contributed by atoms with Crippen molar-refractivity contribution in [3.05, 3.63) is 11.4 Å². The van der Waals surface area contributed by atoms with Gasteiger partial charge in [0.05, 0.1) is 34.3 Å². The Labute approximate surface area is 85.5 Å². The summed E-state index contributed by atoms with van der Waals surface area (Å²) in [7, 11) is 0. The molecule has 0 aliphatic rings. The van der Waals surface area contributed by atoms with E-state index in [1.54, 1.807) is 2.90 Å². The molecule has 0 radical (unpaired) electrons. The molecule has 3 nitrogen and oxygen atoms in total. The van der Waals surface area contributed by atoms with Crippen LogP contribution in [0.3, 0.4) is 0 Å². The molecular weight excluding hydrogens is 273 g/mol. The molecule has 0 saturated heterocycles. The van der Waals surface area contributed by atoms with Crippen LogP contribution in [-0.2, 0) is 12.8 Å². The number of rotatable bonds is 3. The number of aryl methyl sites for hydroxylation is 1. The van der Waals surface area contributed by atoms with Crippen LogP contribution < -0.4 is 0 Å². The maximum absolute atomic E-state index is 4.17. The third-order valence-electron chi connectivity index (χ3n) is 1.48. The number of aromatic nitrogens is 3. The maximum Gasteiger partial charge on any atom is 0.0867 e. The van der Waals surface area contributed by atoms with Crippen LogP contribution in [-0.4, -0.2) is 19.0 Å². The summed E-state index contributed by atoms with van der Waals surface area (Å²) in [5.41, 5.74) is 2.29. The van der Waals surface area contributed by atoms with E-state index in [9.17, 15) is 0 Å². The molecule has 1 aromatic rings. The van der Waals surface area contributed by atoms with Crippen LogP contribution in [0.1, 0.15) is 18.3 Å². The van der Waals surface area contributed by atoms with Crippen molar-refractivity contribution in [3.8, 4) is 0 Å². The van der Waals surface area contributed by atoms with Crippen LogP contribution in [0.5, 0.6) is 0 Å². The maximum atomic E-state index is 4.17. The Kier molecular flexibility index (Phi) is 3.64. The van der Waals surface area contributed by atoms with E-state index in [-0.39, 0.29) is 0 Å². The van der Waals surface area contributed by atoms with Crippen molar-refractivity contribution in [2.75, 3.05) is 5.75 Å². The SMILES string of the molecule is CCc1nnn(I)c1CCS. The van der Waals surface area contributed by atoms with E-state index in [4.69, 9.17) is 0 Å². The number of halogens is 1. The lowest BCUT2D eigenvalue weighted by Gasteiger charge is -1.96. The highest BCUT2D eigenvalue weighted by Crippen LogP contribution is 2.10. The smallest absolute Gasteiger partial charge is 0.0867 e. The molecule has 5 heteroatoms. The van der Waals surface area contributed by atoms with E-state index in [2.05, 4.69) is 52.7 Å². The van der Waals surface area contributed by atoms with Crippen molar-refractivity contribution in [1.82, 2.24) is 13.2 Å². The minimum absolute atomic E-state index is 0.851. The first-order valence-electron chi connectivity index (χ1n) is 3.50. The van der Waals surface area contributed by atoms with Gasteiger partial charge in [-0.15, -0.1) is 5.10 Å². The van der Waals surface area contributed by atoms with Crippen molar-refractivity contribution in [1.29, 1.82) is 0 Å². The highest BCUT2D eigenvalue weighted by molar-refractivity contribution is 14.1. The molecule has 0 aliphatic heterocycles. The van der Waals surface area contributed by atoms with Crippen LogP contribution in [0.4, 0.5) is 0 Å². The van der Waals surface area contributed by atoms with E-state index < -0.39 is 0 Å². The minimum atomic E-state index is 0.851. The van der Waals surface area contributed by atoms with Crippen molar-refractivity contribution in [2.45, 2.75) is 19.8 Å². The van der Waals surface area contributed by atoms with E-state index in [1.165, 1.54) is 5.69 Å². The zero-order valence-corrected chi connectivity index (χ0v) is 9.34. The average Bonchev–Trinajstić information content (AvgIpc) is 2.34. The zero-order chi connectivity index (χ0) is 8.27. The first kappa shape index (κ1) is 9.31. The predicted molar refractivity (Wildman–Crippen MR) is 56.4 cm³/mol. The van der Waals surface area contributed by atoms with Gasteiger partial charge in [0.25, 0.3) is 0 Å². The minimum Gasteiger partial charge on any atom is -0.188 e. The highest BCUT2D eigenvalue weighted by Gasteiger charge is 2.07. The van der Waals surface area contributed by atoms with E-state index in [0.29, 0.717) is 0 Å². The van der Waals surface area contributed by atoms with E-state index in [0.717, 1.165) is 24.3 Å². The molecule has 0 fully saturated rings. The number of thiol groups is 1. The topological polar surface area (TPSA) is 30.7 Å². The van der Waals surface area contributed by atoms with Crippen LogP contribution in [0.15, 0.2) is 0 Å². The molecule has 0 spiro atoms. The Morgan fingerprint density at radius 1 is 1.64 bits per heavy atom. The van der Waals surface area contributed by atoms with Gasteiger partial charge in [-0.2, -0.15) is 15.5 Å². The summed E-state index contributed by atoms with van der Waals surface area (Å²) in [5.74, 6) is 0.851. The van der Waals surface area contributed by atoms with Gasteiger partial charge < -0.3 is 0 Å². The molecule has 0 unspecified atom stereocenters. The Morgan fingerprint density at radius 2 is 2.36 bits per heavy atom. The van der Waals surface area contributed by atoms with Gasteiger partial charge in [0.1, 0.15) is 0 Å². The van der Waals surface area contributed by atoms with Crippen molar-refractivity contribution in [3.63, 3.8) is 0 Å². The third kappa shape index (κ3) is 2.08. The average molecular weight is 283 g/mol. The first-order valence-corrected chi connectivity index (χ1v) is 5.09. The molecule has 0 atom stereocenters. The molecule has 1 heterocycles. The van der Waals surface area contributed by atoms with Gasteiger partial charge in [-0.3, -0.25) is 0 Å². The van der Waals surface area contributed by atoms with Gasteiger partial charge in [0.2, 0.25) is 0 Å². The molecule has 11 heavy (non-hydrogen) atoms. The summed E-state index contributed by atoms with van der Waals surface area (Å²) >= 11 is 6.31. The Bertz CT molecular complexity index is 236. The highest BCUT2D eigenvalue weighted by atomic mass is 127. The van der Waals surface area contributed by atoms with Gasteiger partial charge >= 0.3 is 0 Å². The molecule has 1 rings (SSSR count). The lowest BCUT2D eigenvalue weighted by atomic mass is 10.2. The number of hydrogen-bond acceptors (Lipinski definition) is 3. The summed E-state index contributed by atoms with van der Waals surface area (Å²) in [6.45, 7) is 2.09. The van der Waals surface area contributed by atoms with Crippen LogP contribution in [0.25, 0.3) is 0 Å². The molecular formula is C6H10IN3S. The normalized spacial score (nSPS) is 10.5. The first-order chi connectivity index (χ1) is 5.29. The Balaban J connectivity index is 2.88. The molecule has 62 valence electrons. The summed E-state index contributed by atoms with van der Waals surface area (Å²) in [4.78, 5) is 0. The van der Waals surface area contributed by atoms with Gasteiger partial charge in [-0.25, -0.2) is 0 Å². The molecule has 0 N–H and O–H groups in total. The largest absolute Gasteiger partial charge is 0.188 e. The standard InChI is InChI=1S/C6H10IN3S/c1-2-5-6(3-4-11)10(7)9-8-5/h11H,2-4H2,1H3. The second-order valence-corrected chi connectivity index (χ2v) is 3.53. The molecule has 0 aromatic carbocycles. The van der Waals surface area contributed by atoms with Gasteiger partial charge in [0, 0.05) is 6.42 Å². The molecule has 0 aliphatic carbocycles. The second-order valence-electron chi connectivity index (χ2n) is 2.17. The predicted octanol–water partition coefficient (Wildman–Crippen LogP) is 1.51.